The number of rotatable bonds is 6. The third-order valence-corrected chi connectivity index (χ3v) is 5.71. The number of nitrogens with one attached hydrogen (secondary N) is 2. The molecule has 3 aromatic heterocycles. The normalized spacial score (nSPS) is 14.1. The van der Waals surface area contributed by atoms with Gasteiger partial charge in [0.2, 0.25) is 0 Å². The Morgan fingerprint density at radius 2 is 1.94 bits per heavy atom. The van der Waals surface area contributed by atoms with Crippen LogP contribution in [0.1, 0.15) is 10.4 Å². The molecule has 33 heavy (non-hydrogen) atoms. The number of carbonyl (C=O) groups excluding carboxylic acids is 1. The SMILES string of the molecule is C=C(NC(=O)c1cncc(-c2cnc(Nc3cc(N4CCOCC4)ccn3)s2)c1)C(F)(F)F. The average molecular weight is 476 g/mol. The van der Waals surface area contributed by atoms with Gasteiger partial charge < -0.3 is 20.3 Å². The van der Waals surface area contributed by atoms with E-state index < -0.39 is 17.8 Å². The van der Waals surface area contributed by atoms with E-state index in [1.165, 1.54) is 29.8 Å². The Hall–Kier alpha value is -3.51. The number of nitrogens with zero attached hydrogens (tertiary/aromatic N) is 4. The summed E-state index contributed by atoms with van der Waals surface area (Å²) in [4.78, 5) is 27.6. The van der Waals surface area contributed by atoms with E-state index >= 15 is 0 Å². The minimum Gasteiger partial charge on any atom is -0.378 e. The van der Waals surface area contributed by atoms with Gasteiger partial charge in [-0.3, -0.25) is 9.78 Å². The van der Waals surface area contributed by atoms with Crippen molar-refractivity contribution in [2.75, 3.05) is 36.5 Å². The fourth-order valence-corrected chi connectivity index (χ4v) is 3.86. The van der Waals surface area contributed by atoms with Crippen LogP contribution in [0.5, 0.6) is 0 Å². The third-order valence-electron chi connectivity index (χ3n) is 4.75. The van der Waals surface area contributed by atoms with Gasteiger partial charge >= 0.3 is 6.18 Å². The molecule has 1 aliphatic heterocycles. The summed E-state index contributed by atoms with van der Waals surface area (Å²) in [6.45, 7) is 5.80. The Labute approximate surface area is 191 Å². The van der Waals surface area contributed by atoms with Crippen molar-refractivity contribution < 1.29 is 22.7 Å². The number of amides is 1. The Morgan fingerprint density at radius 3 is 2.70 bits per heavy atom. The monoisotopic (exact) mass is 476 g/mol. The highest BCUT2D eigenvalue weighted by molar-refractivity contribution is 7.18. The van der Waals surface area contributed by atoms with Crippen LogP contribution in [0.4, 0.5) is 29.8 Å². The molecular formula is C21H19F3N6O2S. The van der Waals surface area contributed by atoms with E-state index in [0.29, 0.717) is 34.6 Å². The maximum absolute atomic E-state index is 12.6. The van der Waals surface area contributed by atoms with E-state index in [1.54, 1.807) is 17.7 Å². The summed E-state index contributed by atoms with van der Waals surface area (Å²) in [7, 11) is 0. The van der Waals surface area contributed by atoms with Gasteiger partial charge in [-0.1, -0.05) is 17.9 Å². The van der Waals surface area contributed by atoms with Crippen LogP contribution in [0.15, 0.2) is 55.3 Å². The molecule has 0 aromatic carbocycles. The van der Waals surface area contributed by atoms with Gasteiger partial charge in [0.1, 0.15) is 11.5 Å². The number of thiazole rings is 1. The summed E-state index contributed by atoms with van der Waals surface area (Å²) in [5.74, 6) is -0.324. The molecule has 12 heteroatoms. The van der Waals surface area contributed by atoms with Gasteiger partial charge in [-0.05, 0) is 12.1 Å². The van der Waals surface area contributed by atoms with Crippen molar-refractivity contribution in [3.8, 4) is 10.4 Å². The topological polar surface area (TPSA) is 92.3 Å². The summed E-state index contributed by atoms with van der Waals surface area (Å²) in [5.41, 5.74) is 0.200. The molecule has 0 unspecified atom stereocenters. The summed E-state index contributed by atoms with van der Waals surface area (Å²) in [6.07, 6.45) is 1.27. The highest BCUT2D eigenvalue weighted by Gasteiger charge is 2.33. The maximum Gasteiger partial charge on any atom is 0.430 e. The molecular weight excluding hydrogens is 457 g/mol. The number of allylic oxidation sites excluding steroid dienone is 1. The van der Waals surface area contributed by atoms with Crippen LogP contribution in [0, 0.1) is 0 Å². The third kappa shape index (κ3) is 5.65. The number of anilines is 3. The number of halogens is 3. The fourth-order valence-electron chi connectivity index (χ4n) is 3.06. The standard InChI is InChI=1S/C21H19F3N6O2S/c1-13(21(22,23)24)28-19(31)15-8-14(10-25-11-15)17-12-27-20(33-17)29-18-9-16(2-3-26-18)30-4-6-32-7-5-30/h2-3,8-12H,1,4-7H2,(H,28,31)(H,26,27,29). The lowest BCUT2D eigenvalue weighted by Gasteiger charge is -2.28. The minimum atomic E-state index is -4.72. The lowest BCUT2D eigenvalue weighted by molar-refractivity contribution is -0.0953. The van der Waals surface area contributed by atoms with Crippen LogP contribution >= 0.6 is 11.3 Å². The summed E-state index contributed by atoms with van der Waals surface area (Å²) >= 11 is 1.30. The van der Waals surface area contributed by atoms with Crippen molar-refractivity contribution in [3.63, 3.8) is 0 Å². The molecule has 0 bridgehead atoms. The van der Waals surface area contributed by atoms with Gasteiger partial charge in [-0.15, -0.1) is 0 Å². The first-order chi connectivity index (χ1) is 15.8. The van der Waals surface area contributed by atoms with E-state index in [1.807, 2.05) is 12.1 Å². The zero-order valence-electron chi connectivity index (χ0n) is 17.2. The smallest absolute Gasteiger partial charge is 0.378 e. The van der Waals surface area contributed by atoms with E-state index in [2.05, 4.69) is 31.7 Å². The Kier molecular flexibility index (Phi) is 6.56. The molecule has 3 aromatic rings. The van der Waals surface area contributed by atoms with Crippen LogP contribution in [-0.2, 0) is 4.74 Å². The first-order valence-corrected chi connectivity index (χ1v) is 10.7. The zero-order chi connectivity index (χ0) is 23.4. The highest BCUT2D eigenvalue weighted by Crippen LogP contribution is 2.31. The Bertz CT molecular complexity index is 1160. The van der Waals surface area contributed by atoms with Crippen LogP contribution < -0.4 is 15.5 Å². The molecule has 0 atom stereocenters. The molecule has 1 fully saturated rings. The number of hydrogen-bond acceptors (Lipinski definition) is 8. The molecule has 0 spiro atoms. The molecule has 0 radical (unpaired) electrons. The van der Waals surface area contributed by atoms with E-state index in [-0.39, 0.29) is 5.56 Å². The largest absolute Gasteiger partial charge is 0.430 e. The number of pyridine rings is 2. The number of hydrogen-bond donors (Lipinski definition) is 2. The molecule has 1 aliphatic rings. The lowest BCUT2D eigenvalue weighted by atomic mass is 10.2. The first-order valence-electron chi connectivity index (χ1n) is 9.84. The minimum absolute atomic E-state index is 0.0271. The summed E-state index contributed by atoms with van der Waals surface area (Å²) in [5, 5.41) is 5.46. The second kappa shape index (κ2) is 9.55. The first kappa shape index (κ1) is 22.7. The van der Waals surface area contributed by atoms with Gasteiger partial charge in [0.25, 0.3) is 5.91 Å². The van der Waals surface area contributed by atoms with Crippen molar-refractivity contribution in [2.24, 2.45) is 0 Å². The predicted molar refractivity (Wildman–Crippen MR) is 119 cm³/mol. The molecule has 0 saturated carbocycles. The van der Waals surface area contributed by atoms with E-state index in [9.17, 15) is 18.0 Å². The van der Waals surface area contributed by atoms with Crippen molar-refractivity contribution in [1.82, 2.24) is 20.3 Å². The van der Waals surface area contributed by atoms with Crippen molar-refractivity contribution in [2.45, 2.75) is 6.18 Å². The number of carbonyl (C=O) groups is 1. The van der Waals surface area contributed by atoms with Gasteiger partial charge in [-0.25, -0.2) is 9.97 Å². The number of alkyl halides is 3. The Balaban J connectivity index is 1.46. The van der Waals surface area contributed by atoms with Crippen LogP contribution in [0.25, 0.3) is 10.4 Å². The van der Waals surface area contributed by atoms with Crippen LogP contribution in [0.2, 0.25) is 0 Å². The zero-order valence-corrected chi connectivity index (χ0v) is 18.0. The van der Waals surface area contributed by atoms with Gasteiger partial charge in [0.05, 0.1) is 23.7 Å². The van der Waals surface area contributed by atoms with E-state index in [0.717, 1.165) is 18.8 Å². The van der Waals surface area contributed by atoms with Crippen molar-refractivity contribution >= 4 is 33.9 Å². The van der Waals surface area contributed by atoms with Gasteiger partial charge in [0.15, 0.2) is 5.13 Å². The molecule has 2 N–H and O–H groups in total. The lowest BCUT2D eigenvalue weighted by Crippen LogP contribution is -2.36. The molecule has 4 rings (SSSR count). The highest BCUT2D eigenvalue weighted by atomic mass is 32.1. The number of aromatic nitrogens is 3. The predicted octanol–water partition coefficient (Wildman–Crippen LogP) is 3.99. The summed E-state index contributed by atoms with van der Waals surface area (Å²) in [6, 6.07) is 5.30. The Morgan fingerprint density at radius 1 is 1.15 bits per heavy atom. The summed E-state index contributed by atoms with van der Waals surface area (Å²) < 4.78 is 43.3. The molecule has 1 saturated heterocycles. The molecule has 8 nitrogen and oxygen atoms in total. The van der Waals surface area contributed by atoms with Crippen molar-refractivity contribution in [1.29, 1.82) is 0 Å². The van der Waals surface area contributed by atoms with Crippen molar-refractivity contribution in [3.05, 3.63) is 60.8 Å². The number of ether oxygens (including phenoxy) is 1. The van der Waals surface area contributed by atoms with Gasteiger partial charge in [0, 0.05) is 55.2 Å². The molecule has 0 aliphatic carbocycles. The second-order valence-corrected chi connectivity index (χ2v) is 8.08. The molecule has 172 valence electrons. The number of morpholine rings is 1. The van der Waals surface area contributed by atoms with Crippen LogP contribution in [0.3, 0.4) is 0 Å². The van der Waals surface area contributed by atoms with E-state index in [4.69, 9.17) is 4.74 Å². The molecule has 4 heterocycles. The second-order valence-electron chi connectivity index (χ2n) is 7.05. The quantitative estimate of drug-likeness (QED) is 0.556. The average Bonchev–Trinajstić information content (AvgIpc) is 3.28. The fraction of sp³-hybridized carbons (Fsp3) is 0.238. The maximum atomic E-state index is 12.6. The van der Waals surface area contributed by atoms with Gasteiger partial charge in [-0.2, -0.15) is 13.2 Å². The molecule has 1 amide bonds. The van der Waals surface area contributed by atoms with Crippen LogP contribution in [-0.4, -0.2) is 53.3 Å².